The van der Waals surface area contributed by atoms with Gasteiger partial charge < -0.3 is 0 Å². The highest BCUT2D eigenvalue weighted by Gasteiger charge is 2.13. The molecular formula is C17H15N3O3S. The molecule has 3 aromatic rings. The standard InChI is InChI=1S/C17H15N3O3S/c1-12-2-4-13(5-3-12)17-14(11-21)10-20(19-17)15-6-8-16(9-7-15)24(18,22)23/h2-11H,1H3,(H2,18,22,23). The summed E-state index contributed by atoms with van der Waals surface area (Å²) >= 11 is 0. The van der Waals surface area contributed by atoms with Crippen LogP contribution in [0.1, 0.15) is 15.9 Å². The van der Waals surface area contributed by atoms with Crippen LogP contribution in [0.5, 0.6) is 0 Å². The summed E-state index contributed by atoms with van der Waals surface area (Å²) < 4.78 is 24.1. The molecule has 6 nitrogen and oxygen atoms in total. The van der Waals surface area contributed by atoms with Crippen LogP contribution >= 0.6 is 0 Å². The summed E-state index contributed by atoms with van der Waals surface area (Å²) in [6.45, 7) is 1.98. The normalized spacial score (nSPS) is 11.4. The maximum atomic E-state index is 11.3. The lowest BCUT2D eigenvalue weighted by atomic mass is 10.1. The van der Waals surface area contributed by atoms with E-state index in [1.165, 1.54) is 16.8 Å². The van der Waals surface area contributed by atoms with Gasteiger partial charge in [0.2, 0.25) is 10.0 Å². The Balaban J connectivity index is 2.04. The Labute approximate surface area is 139 Å². The number of sulfonamides is 1. The zero-order valence-electron chi connectivity index (χ0n) is 12.9. The number of aryl methyl sites for hydroxylation is 1. The monoisotopic (exact) mass is 341 g/mol. The van der Waals surface area contributed by atoms with Crippen LogP contribution in [-0.2, 0) is 10.0 Å². The van der Waals surface area contributed by atoms with Gasteiger partial charge in [0.1, 0.15) is 5.69 Å². The van der Waals surface area contributed by atoms with E-state index in [1.807, 2.05) is 31.2 Å². The number of rotatable bonds is 4. The fraction of sp³-hybridized carbons (Fsp3) is 0.0588. The van der Waals surface area contributed by atoms with Gasteiger partial charge in [-0.3, -0.25) is 4.79 Å². The number of nitrogens with two attached hydrogens (primary N) is 1. The summed E-state index contributed by atoms with van der Waals surface area (Å²) in [6.07, 6.45) is 2.35. The molecular weight excluding hydrogens is 326 g/mol. The van der Waals surface area contributed by atoms with Gasteiger partial charge in [-0.05, 0) is 31.2 Å². The van der Waals surface area contributed by atoms with E-state index in [9.17, 15) is 13.2 Å². The van der Waals surface area contributed by atoms with Gasteiger partial charge in [-0.2, -0.15) is 5.10 Å². The summed E-state index contributed by atoms with van der Waals surface area (Å²) in [7, 11) is -3.74. The highest BCUT2D eigenvalue weighted by molar-refractivity contribution is 7.89. The lowest BCUT2D eigenvalue weighted by Gasteiger charge is -2.03. The van der Waals surface area contributed by atoms with Gasteiger partial charge in [0, 0.05) is 11.8 Å². The third kappa shape index (κ3) is 3.12. The fourth-order valence-electron chi connectivity index (χ4n) is 2.33. The third-order valence-electron chi connectivity index (χ3n) is 3.62. The Hall–Kier alpha value is -2.77. The number of aromatic nitrogens is 2. The number of primary sulfonamides is 1. The Morgan fingerprint density at radius 3 is 2.21 bits per heavy atom. The first kappa shape index (κ1) is 16.1. The zero-order valence-corrected chi connectivity index (χ0v) is 13.7. The highest BCUT2D eigenvalue weighted by atomic mass is 32.2. The van der Waals surface area contributed by atoms with Crippen molar-refractivity contribution < 1.29 is 13.2 Å². The quantitative estimate of drug-likeness (QED) is 0.737. The zero-order chi connectivity index (χ0) is 17.3. The van der Waals surface area contributed by atoms with Crippen molar-refractivity contribution in [3.63, 3.8) is 0 Å². The third-order valence-corrected chi connectivity index (χ3v) is 4.55. The molecule has 3 rings (SSSR count). The minimum Gasteiger partial charge on any atom is -0.298 e. The molecule has 0 bridgehead atoms. The van der Waals surface area contributed by atoms with Gasteiger partial charge >= 0.3 is 0 Å². The first-order valence-corrected chi connectivity index (χ1v) is 8.68. The van der Waals surface area contributed by atoms with E-state index in [1.54, 1.807) is 18.3 Å². The van der Waals surface area contributed by atoms with Crippen molar-refractivity contribution in [3.8, 4) is 16.9 Å². The molecule has 2 N–H and O–H groups in total. The number of hydrogen-bond donors (Lipinski definition) is 1. The van der Waals surface area contributed by atoms with Crippen LogP contribution < -0.4 is 5.14 Å². The van der Waals surface area contributed by atoms with E-state index in [4.69, 9.17) is 5.14 Å². The summed E-state index contributed by atoms with van der Waals surface area (Å²) in [5, 5.41) is 9.53. The number of carbonyl (C=O) groups excluding carboxylic acids is 1. The molecule has 1 aromatic heterocycles. The minimum absolute atomic E-state index is 0.0211. The second-order valence-electron chi connectivity index (χ2n) is 5.40. The summed E-state index contributed by atoms with van der Waals surface area (Å²) in [5.74, 6) is 0. The number of benzene rings is 2. The average Bonchev–Trinajstić information content (AvgIpc) is 2.99. The van der Waals surface area contributed by atoms with Gasteiger partial charge in [-0.1, -0.05) is 29.8 Å². The second-order valence-corrected chi connectivity index (χ2v) is 6.96. The molecule has 2 aromatic carbocycles. The summed E-state index contributed by atoms with van der Waals surface area (Å²) in [6, 6.07) is 13.7. The van der Waals surface area contributed by atoms with E-state index in [0.29, 0.717) is 16.9 Å². The molecule has 0 fully saturated rings. The van der Waals surface area contributed by atoms with Crippen molar-refractivity contribution in [1.29, 1.82) is 0 Å². The first-order chi connectivity index (χ1) is 11.4. The van der Waals surface area contributed by atoms with E-state index < -0.39 is 10.0 Å². The van der Waals surface area contributed by atoms with Gasteiger partial charge in [-0.15, -0.1) is 0 Å². The molecule has 0 aliphatic carbocycles. The Bertz CT molecular complexity index is 989. The van der Waals surface area contributed by atoms with E-state index in [0.717, 1.165) is 17.4 Å². The van der Waals surface area contributed by atoms with E-state index in [-0.39, 0.29) is 4.90 Å². The van der Waals surface area contributed by atoms with Gasteiger partial charge in [0.05, 0.1) is 16.1 Å². The molecule has 1 heterocycles. The second kappa shape index (κ2) is 6.03. The summed E-state index contributed by atoms with van der Waals surface area (Å²) in [5.41, 5.74) is 3.60. The minimum atomic E-state index is -3.74. The highest BCUT2D eigenvalue weighted by Crippen LogP contribution is 2.23. The molecule has 0 amide bonds. The smallest absolute Gasteiger partial charge is 0.238 e. The largest absolute Gasteiger partial charge is 0.298 e. The van der Waals surface area contributed by atoms with Crippen molar-refractivity contribution in [2.45, 2.75) is 11.8 Å². The number of aldehydes is 1. The molecule has 0 radical (unpaired) electrons. The van der Waals surface area contributed by atoms with Crippen LogP contribution in [0.4, 0.5) is 0 Å². The van der Waals surface area contributed by atoms with Gasteiger partial charge in [-0.25, -0.2) is 18.2 Å². The molecule has 0 spiro atoms. The van der Waals surface area contributed by atoms with Crippen molar-refractivity contribution in [1.82, 2.24) is 9.78 Å². The number of nitrogens with zero attached hydrogens (tertiary/aromatic N) is 2. The Morgan fingerprint density at radius 1 is 1.04 bits per heavy atom. The maximum absolute atomic E-state index is 11.3. The lowest BCUT2D eigenvalue weighted by molar-refractivity contribution is 0.112. The lowest BCUT2D eigenvalue weighted by Crippen LogP contribution is -2.12. The predicted molar refractivity (Wildman–Crippen MR) is 90.5 cm³/mol. The van der Waals surface area contributed by atoms with E-state index >= 15 is 0 Å². The van der Waals surface area contributed by atoms with Crippen molar-refractivity contribution >= 4 is 16.3 Å². The Morgan fingerprint density at radius 2 is 1.67 bits per heavy atom. The van der Waals surface area contributed by atoms with Gasteiger partial charge in [0.25, 0.3) is 0 Å². The van der Waals surface area contributed by atoms with Crippen LogP contribution in [-0.4, -0.2) is 24.5 Å². The van der Waals surface area contributed by atoms with E-state index in [2.05, 4.69) is 5.10 Å². The average molecular weight is 341 g/mol. The molecule has 0 saturated heterocycles. The van der Waals surface area contributed by atoms with Crippen molar-refractivity contribution in [3.05, 3.63) is 65.9 Å². The van der Waals surface area contributed by atoms with Crippen molar-refractivity contribution in [2.24, 2.45) is 5.14 Å². The molecule has 7 heteroatoms. The molecule has 0 unspecified atom stereocenters. The molecule has 0 atom stereocenters. The number of carbonyl (C=O) groups is 1. The summed E-state index contributed by atoms with van der Waals surface area (Å²) in [4.78, 5) is 11.4. The number of hydrogen-bond acceptors (Lipinski definition) is 4. The van der Waals surface area contributed by atoms with Gasteiger partial charge in [0.15, 0.2) is 6.29 Å². The SMILES string of the molecule is Cc1ccc(-c2nn(-c3ccc(S(N)(=O)=O)cc3)cc2C=O)cc1. The van der Waals surface area contributed by atoms with Crippen LogP contribution in [0, 0.1) is 6.92 Å². The maximum Gasteiger partial charge on any atom is 0.238 e. The van der Waals surface area contributed by atoms with Crippen LogP contribution in [0.2, 0.25) is 0 Å². The van der Waals surface area contributed by atoms with Crippen LogP contribution in [0.3, 0.4) is 0 Å². The molecule has 0 aliphatic rings. The molecule has 24 heavy (non-hydrogen) atoms. The fourth-order valence-corrected chi connectivity index (χ4v) is 2.85. The predicted octanol–water partition coefficient (Wildman–Crippen LogP) is 2.31. The first-order valence-electron chi connectivity index (χ1n) is 7.13. The molecule has 0 saturated carbocycles. The van der Waals surface area contributed by atoms with Crippen LogP contribution in [0.15, 0.2) is 59.6 Å². The van der Waals surface area contributed by atoms with Crippen molar-refractivity contribution in [2.75, 3.05) is 0 Å². The Kier molecular flexibility index (Phi) is 4.04. The molecule has 0 aliphatic heterocycles. The van der Waals surface area contributed by atoms with Crippen LogP contribution in [0.25, 0.3) is 16.9 Å². The topological polar surface area (TPSA) is 95.1 Å². The molecule has 122 valence electrons.